The van der Waals surface area contributed by atoms with E-state index in [1.807, 2.05) is 6.92 Å². The van der Waals surface area contributed by atoms with Gasteiger partial charge in [-0.05, 0) is 68.6 Å². The number of carbonyl (C=O) groups is 2. The van der Waals surface area contributed by atoms with E-state index in [9.17, 15) is 9.59 Å². The number of oxime groups is 1. The van der Waals surface area contributed by atoms with Crippen LogP contribution in [0.5, 0.6) is 0 Å². The number of carbonyl (C=O) groups excluding carboxylic acids is 2. The van der Waals surface area contributed by atoms with Gasteiger partial charge >= 0.3 is 0 Å². The summed E-state index contributed by atoms with van der Waals surface area (Å²) in [5.74, 6) is 2.27. The maximum absolute atomic E-state index is 13.2. The molecule has 0 bridgehead atoms. The third-order valence-electron chi connectivity index (χ3n) is 8.54. The first-order valence-electron chi connectivity index (χ1n) is 10.7. The number of hydrogen-bond donors (Lipinski definition) is 1. The van der Waals surface area contributed by atoms with Crippen molar-refractivity contribution in [3.8, 4) is 0 Å². The molecule has 0 spiro atoms. The molecule has 0 aliphatic heterocycles. The Balaban J connectivity index is 1.54. The Morgan fingerprint density at radius 2 is 1.93 bits per heavy atom. The van der Waals surface area contributed by atoms with Crippen LogP contribution in [0.1, 0.15) is 72.1 Å². The van der Waals surface area contributed by atoms with Crippen LogP contribution < -0.4 is 5.73 Å². The van der Waals surface area contributed by atoms with Gasteiger partial charge in [-0.15, -0.1) is 0 Å². The van der Waals surface area contributed by atoms with Crippen molar-refractivity contribution in [1.82, 2.24) is 0 Å². The second-order valence-corrected chi connectivity index (χ2v) is 10.2. The van der Waals surface area contributed by atoms with Crippen molar-refractivity contribution >= 4 is 17.3 Å². The fraction of sp³-hybridized carbons (Fsp3) is 0.864. The minimum atomic E-state index is -0.168. The number of nitrogens with two attached hydrogens (primary N) is 1. The largest absolute Gasteiger partial charge is 0.394 e. The van der Waals surface area contributed by atoms with E-state index in [-0.39, 0.29) is 22.8 Å². The van der Waals surface area contributed by atoms with Crippen molar-refractivity contribution in [2.45, 2.75) is 78.2 Å². The maximum Gasteiger partial charge on any atom is 0.139 e. The van der Waals surface area contributed by atoms with E-state index in [4.69, 9.17) is 10.6 Å². The highest BCUT2D eigenvalue weighted by atomic mass is 16.6. The van der Waals surface area contributed by atoms with Crippen LogP contribution in [0.25, 0.3) is 0 Å². The van der Waals surface area contributed by atoms with Gasteiger partial charge in [-0.3, -0.25) is 9.59 Å². The van der Waals surface area contributed by atoms with E-state index >= 15 is 0 Å². The van der Waals surface area contributed by atoms with Gasteiger partial charge in [0.2, 0.25) is 0 Å². The highest BCUT2D eigenvalue weighted by molar-refractivity contribution is 5.93. The van der Waals surface area contributed by atoms with E-state index in [0.29, 0.717) is 48.8 Å². The third kappa shape index (κ3) is 2.97. The predicted molar refractivity (Wildman–Crippen MR) is 104 cm³/mol. The molecule has 7 atom stereocenters. The number of ketones is 2. The molecule has 0 radical (unpaired) electrons. The molecule has 0 aromatic rings. The highest BCUT2D eigenvalue weighted by Crippen LogP contribution is 2.64. The molecule has 0 aromatic heterocycles. The molecule has 4 rings (SSSR count). The van der Waals surface area contributed by atoms with E-state index in [2.05, 4.69) is 19.0 Å². The molecule has 150 valence electrons. The molecule has 0 unspecified atom stereocenters. The van der Waals surface area contributed by atoms with Gasteiger partial charge in [-0.2, -0.15) is 0 Å². The van der Waals surface area contributed by atoms with Crippen LogP contribution in [-0.2, 0) is 14.4 Å². The molecule has 5 heteroatoms. The standard InChI is InChI=1S/C22H34N2O3/c1-13(23)12-27-24-14-6-8-21(2)17-7-9-22(3)16(4-5-20(22)26)15(17)11-19(25)18(21)10-14/h13,15-18H,4-12,23H2,1-3H3/b24-14-/t13-,15+,16+,17+,18-,21-,22+/m1/s1. The van der Waals surface area contributed by atoms with Gasteiger partial charge in [-0.25, -0.2) is 0 Å². The molecule has 4 aliphatic carbocycles. The van der Waals surface area contributed by atoms with Crippen LogP contribution >= 0.6 is 0 Å². The molecule has 0 saturated heterocycles. The van der Waals surface area contributed by atoms with Crippen molar-refractivity contribution in [2.24, 2.45) is 45.4 Å². The Bertz CT molecular complexity index is 672. The molecular formula is C22H34N2O3. The predicted octanol–water partition coefficient (Wildman–Crippen LogP) is 3.50. The summed E-state index contributed by atoms with van der Waals surface area (Å²) in [5, 5.41) is 4.30. The number of nitrogens with zero attached hydrogens (tertiary/aromatic N) is 1. The summed E-state index contributed by atoms with van der Waals surface area (Å²) in [6.45, 7) is 6.82. The van der Waals surface area contributed by atoms with Gasteiger partial charge in [0.15, 0.2) is 0 Å². The summed E-state index contributed by atoms with van der Waals surface area (Å²) in [6.07, 6.45) is 7.11. The lowest BCUT2D eigenvalue weighted by atomic mass is 9.45. The monoisotopic (exact) mass is 374 g/mol. The molecule has 4 aliphatic rings. The molecule has 2 N–H and O–H groups in total. The van der Waals surface area contributed by atoms with Crippen molar-refractivity contribution < 1.29 is 14.4 Å². The van der Waals surface area contributed by atoms with Crippen molar-refractivity contribution in [1.29, 1.82) is 0 Å². The Kier molecular flexibility index (Phi) is 4.73. The van der Waals surface area contributed by atoms with Gasteiger partial charge in [-0.1, -0.05) is 19.0 Å². The average Bonchev–Trinajstić information content (AvgIpc) is 2.91. The molecule has 5 nitrogen and oxygen atoms in total. The fourth-order valence-corrected chi connectivity index (χ4v) is 6.95. The Morgan fingerprint density at radius 3 is 2.67 bits per heavy atom. The smallest absolute Gasteiger partial charge is 0.139 e. The van der Waals surface area contributed by atoms with Crippen LogP contribution in [0.3, 0.4) is 0 Å². The highest BCUT2D eigenvalue weighted by Gasteiger charge is 2.62. The molecule has 27 heavy (non-hydrogen) atoms. The van der Waals surface area contributed by atoms with Crippen molar-refractivity contribution in [2.75, 3.05) is 6.61 Å². The average molecular weight is 375 g/mol. The summed E-state index contributed by atoms with van der Waals surface area (Å²) in [7, 11) is 0. The first-order chi connectivity index (χ1) is 12.8. The van der Waals surface area contributed by atoms with Crippen LogP contribution in [0.4, 0.5) is 0 Å². The van der Waals surface area contributed by atoms with Gasteiger partial charge < -0.3 is 10.6 Å². The maximum atomic E-state index is 13.2. The van der Waals surface area contributed by atoms with Crippen molar-refractivity contribution in [3.63, 3.8) is 0 Å². The third-order valence-corrected chi connectivity index (χ3v) is 8.54. The number of Topliss-reactive ketones (excluding diaryl/α,β-unsaturated/α-hetero) is 2. The minimum Gasteiger partial charge on any atom is -0.394 e. The first kappa shape index (κ1) is 19.1. The molecular weight excluding hydrogens is 340 g/mol. The van der Waals surface area contributed by atoms with Crippen molar-refractivity contribution in [3.05, 3.63) is 0 Å². The summed E-state index contributed by atoms with van der Waals surface area (Å²) in [5.41, 5.74) is 6.62. The molecule has 0 aromatic carbocycles. The lowest BCUT2D eigenvalue weighted by molar-refractivity contribution is -0.152. The molecule has 4 fully saturated rings. The summed E-state index contributed by atoms with van der Waals surface area (Å²) in [4.78, 5) is 31.1. The van der Waals surface area contributed by atoms with Gasteiger partial charge in [0, 0.05) is 30.2 Å². The summed E-state index contributed by atoms with van der Waals surface area (Å²) in [6, 6.07) is -0.0362. The topological polar surface area (TPSA) is 81.8 Å². The Hall–Kier alpha value is -1.23. The van der Waals surface area contributed by atoms with Gasteiger partial charge in [0.1, 0.15) is 18.2 Å². The number of fused-ring (bicyclic) bond motifs is 5. The number of rotatable bonds is 3. The zero-order valence-corrected chi connectivity index (χ0v) is 17.0. The summed E-state index contributed by atoms with van der Waals surface area (Å²) >= 11 is 0. The van der Waals surface area contributed by atoms with Crippen LogP contribution in [0, 0.1) is 34.5 Å². The fourth-order valence-electron chi connectivity index (χ4n) is 6.95. The van der Waals surface area contributed by atoms with E-state index in [1.165, 1.54) is 0 Å². The zero-order chi connectivity index (χ0) is 19.4. The van der Waals surface area contributed by atoms with E-state index < -0.39 is 0 Å². The van der Waals surface area contributed by atoms with Crippen LogP contribution in [-0.4, -0.2) is 29.9 Å². The Morgan fingerprint density at radius 1 is 1.15 bits per heavy atom. The first-order valence-corrected chi connectivity index (χ1v) is 10.7. The summed E-state index contributed by atoms with van der Waals surface area (Å²) < 4.78 is 0. The zero-order valence-electron chi connectivity index (χ0n) is 17.0. The normalized spacial score (nSPS) is 46.6. The second kappa shape index (κ2) is 6.68. The Labute approximate surface area is 162 Å². The van der Waals surface area contributed by atoms with Gasteiger partial charge in [0.05, 0.1) is 5.71 Å². The van der Waals surface area contributed by atoms with Crippen LogP contribution in [0.2, 0.25) is 0 Å². The minimum absolute atomic E-state index is 0.0362. The lowest BCUT2D eigenvalue weighted by Gasteiger charge is -2.58. The van der Waals surface area contributed by atoms with E-state index in [0.717, 1.165) is 44.2 Å². The quantitative estimate of drug-likeness (QED) is 0.767. The number of hydrogen-bond acceptors (Lipinski definition) is 5. The lowest BCUT2D eigenvalue weighted by Crippen LogP contribution is -2.56. The van der Waals surface area contributed by atoms with Gasteiger partial charge in [0.25, 0.3) is 0 Å². The molecule has 0 amide bonds. The molecule has 4 saturated carbocycles. The molecule has 0 heterocycles. The van der Waals surface area contributed by atoms with Crippen LogP contribution in [0.15, 0.2) is 5.16 Å². The van der Waals surface area contributed by atoms with E-state index in [1.54, 1.807) is 0 Å². The SMILES string of the molecule is C[C@@H](N)CO/N=C1/CC[C@@]2(C)[C@H](C1)C(=O)C[C@@H]1[C@@H]2CC[C@]2(C)C(=O)CC[C@@H]12. The second-order valence-electron chi connectivity index (χ2n) is 10.2.